The van der Waals surface area contributed by atoms with Gasteiger partial charge in [-0.2, -0.15) is 0 Å². The SMILES string of the molecule is c1ccc(-c2nc(-n3c4ccccc4c4ccc5c6ccccc6c6ccc7c(nc(-c8ccccc8)n7-c7ccccc7)c6c5c43)nc3ccccc23)cc1. The van der Waals surface area contributed by atoms with E-state index in [0.717, 1.165) is 93.6 Å². The summed E-state index contributed by atoms with van der Waals surface area (Å²) in [5.41, 5.74) is 9.10. The van der Waals surface area contributed by atoms with E-state index >= 15 is 0 Å². The lowest BCUT2D eigenvalue weighted by Crippen LogP contribution is -2.04. The van der Waals surface area contributed by atoms with E-state index in [0.29, 0.717) is 5.95 Å². The van der Waals surface area contributed by atoms with Gasteiger partial charge in [0.1, 0.15) is 5.82 Å². The Morgan fingerprint density at radius 3 is 1.66 bits per heavy atom. The third-order valence-corrected chi connectivity index (χ3v) is 11.3. The minimum atomic E-state index is 0.634. The van der Waals surface area contributed by atoms with Gasteiger partial charge in [0.25, 0.3) is 0 Å². The normalized spacial score (nSPS) is 11.9. The number of hydrogen-bond acceptors (Lipinski definition) is 3. The molecule has 260 valence electrons. The second-order valence-corrected chi connectivity index (χ2v) is 14.4. The van der Waals surface area contributed by atoms with E-state index in [9.17, 15) is 0 Å². The molecule has 3 aromatic heterocycles. The van der Waals surface area contributed by atoms with Gasteiger partial charge in [-0.1, -0.05) is 158 Å². The number of hydrogen-bond donors (Lipinski definition) is 0. The van der Waals surface area contributed by atoms with Crippen LogP contribution in [0.4, 0.5) is 0 Å². The van der Waals surface area contributed by atoms with Crippen molar-refractivity contribution in [2.75, 3.05) is 0 Å². The Morgan fingerprint density at radius 2 is 0.911 bits per heavy atom. The molecule has 5 nitrogen and oxygen atoms in total. The molecule has 0 amide bonds. The van der Waals surface area contributed by atoms with Gasteiger partial charge in [0, 0.05) is 43.7 Å². The second-order valence-electron chi connectivity index (χ2n) is 14.4. The van der Waals surface area contributed by atoms with Gasteiger partial charge >= 0.3 is 0 Å². The van der Waals surface area contributed by atoms with Gasteiger partial charge in [0.2, 0.25) is 5.95 Å². The van der Waals surface area contributed by atoms with Crippen molar-refractivity contribution < 1.29 is 0 Å². The maximum absolute atomic E-state index is 5.62. The summed E-state index contributed by atoms with van der Waals surface area (Å²) in [6.07, 6.45) is 0. The number of imidazole rings is 1. The summed E-state index contributed by atoms with van der Waals surface area (Å²) in [6.45, 7) is 0. The first kappa shape index (κ1) is 30.8. The Labute approximate surface area is 321 Å². The average molecular weight is 714 g/mol. The molecule has 0 spiro atoms. The number of rotatable bonds is 4. The zero-order chi connectivity index (χ0) is 36.7. The molecule has 0 aliphatic carbocycles. The minimum Gasteiger partial charge on any atom is -0.292 e. The molecular weight excluding hydrogens is 683 g/mol. The van der Waals surface area contributed by atoms with Gasteiger partial charge in [-0.15, -0.1) is 0 Å². The minimum absolute atomic E-state index is 0.634. The molecule has 0 bridgehead atoms. The molecule has 0 saturated heterocycles. The van der Waals surface area contributed by atoms with Gasteiger partial charge < -0.3 is 0 Å². The van der Waals surface area contributed by atoms with E-state index in [4.69, 9.17) is 15.0 Å². The van der Waals surface area contributed by atoms with Crippen LogP contribution in [0.1, 0.15) is 0 Å². The topological polar surface area (TPSA) is 48.5 Å². The van der Waals surface area contributed by atoms with E-state index in [1.165, 1.54) is 10.8 Å². The maximum atomic E-state index is 5.62. The van der Waals surface area contributed by atoms with Crippen molar-refractivity contribution in [2.45, 2.75) is 0 Å². The molecule has 0 aliphatic heterocycles. The van der Waals surface area contributed by atoms with Crippen LogP contribution in [-0.4, -0.2) is 24.1 Å². The van der Waals surface area contributed by atoms with Crippen molar-refractivity contribution >= 4 is 76.1 Å². The van der Waals surface area contributed by atoms with Crippen LogP contribution < -0.4 is 0 Å². The van der Waals surface area contributed by atoms with Crippen LogP contribution in [0, 0.1) is 0 Å². The molecule has 0 N–H and O–H groups in total. The fourth-order valence-electron chi connectivity index (χ4n) is 8.92. The smallest absolute Gasteiger partial charge is 0.235 e. The lowest BCUT2D eigenvalue weighted by molar-refractivity contribution is 1.02. The van der Waals surface area contributed by atoms with Crippen LogP contribution >= 0.6 is 0 Å². The predicted octanol–water partition coefficient (Wildman–Crippen LogP) is 12.9. The summed E-state index contributed by atoms with van der Waals surface area (Å²) in [5.74, 6) is 1.54. The summed E-state index contributed by atoms with van der Waals surface area (Å²) in [7, 11) is 0. The van der Waals surface area contributed by atoms with Gasteiger partial charge in [-0.3, -0.25) is 9.13 Å². The van der Waals surface area contributed by atoms with Crippen LogP contribution in [-0.2, 0) is 0 Å². The second kappa shape index (κ2) is 11.9. The Balaban J connectivity index is 1.32. The molecule has 3 heterocycles. The van der Waals surface area contributed by atoms with E-state index in [1.54, 1.807) is 0 Å². The lowest BCUT2D eigenvalue weighted by atomic mass is 9.92. The van der Waals surface area contributed by atoms with Crippen LogP contribution in [0.2, 0.25) is 0 Å². The summed E-state index contributed by atoms with van der Waals surface area (Å²) in [4.78, 5) is 16.4. The third kappa shape index (κ3) is 4.39. The first-order valence-corrected chi connectivity index (χ1v) is 19.0. The van der Waals surface area contributed by atoms with Crippen LogP contribution in [0.25, 0.3) is 110 Å². The highest BCUT2D eigenvalue weighted by Crippen LogP contribution is 2.46. The Morgan fingerprint density at radius 1 is 0.339 bits per heavy atom. The van der Waals surface area contributed by atoms with Crippen molar-refractivity contribution in [3.8, 4) is 34.3 Å². The molecule has 12 aromatic rings. The standard InChI is InChI=1S/C51H31N5/c1-4-16-32(17-5-1)47-41-25-12-14-26-42(41)52-51(54-47)56-43-27-15-13-24-37(43)40-29-28-39-36-23-11-10-22-35(36)38-30-31-44-48(45(38)46(39)49(40)56)53-50(33-18-6-2-7-19-33)55(44)34-20-8-3-9-21-34/h1-31H. The van der Waals surface area contributed by atoms with Crippen LogP contribution in [0.5, 0.6) is 0 Å². The molecule has 12 rings (SSSR count). The van der Waals surface area contributed by atoms with Crippen molar-refractivity contribution in [3.05, 3.63) is 188 Å². The largest absolute Gasteiger partial charge is 0.292 e. The molecule has 0 fully saturated rings. The summed E-state index contributed by atoms with van der Waals surface area (Å²) < 4.78 is 4.60. The fraction of sp³-hybridized carbons (Fsp3) is 0. The Bertz CT molecular complexity index is 3510. The number of nitrogens with zero attached hydrogens (tertiary/aromatic N) is 5. The van der Waals surface area contributed by atoms with Gasteiger partial charge in [-0.05, 0) is 51.9 Å². The first-order valence-electron chi connectivity index (χ1n) is 19.0. The van der Waals surface area contributed by atoms with Crippen molar-refractivity contribution in [2.24, 2.45) is 0 Å². The van der Waals surface area contributed by atoms with E-state index in [2.05, 4.69) is 191 Å². The van der Waals surface area contributed by atoms with E-state index < -0.39 is 0 Å². The van der Waals surface area contributed by atoms with Gasteiger partial charge in [-0.25, -0.2) is 15.0 Å². The summed E-state index contributed by atoms with van der Waals surface area (Å²) in [6, 6.07) is 66.4. The summed E-state index contributed by atoms with van der Waals surface area (Å²) >= 11 is 0. The lowest BCUT2D eigenvalue weighted by Gasteiger charge is -2.15. The quantitative estimate of drug-likeness (QED) is 0.171. The van der Waals surface area contributed by atoms with E-state index in [1.807, 2.05) is 6.07 Å². The van der Waals surface area contributed by atoms with Crippen molar-refractivity contribution in [3.63, 3.8) is 0 Å². The zero-order valence-electron chi connectivity index (χ0n) is 30.1. The van der Waals surface area contributed by atoms with Crippen molar-refractivity contribution in [1.82, 2.24) is 24.1 Å². The van der Waals surface area contributed by atoms with Crippen LogP contribution in [0.3, 0.4) is 0 Å². The molecular formula is C51H31N5. The third-order valence-electron chi connectivity index (χ3n) is 11.3. The fourth-order valence-corrected chi connectivity index (χ4v) is 8.92. The highest BCUT2D eigenvalue weighted by atomic mass is 15.2. The highest BCUT2D eigenvalue weighted by molar-refractivity contribution is 6.37. The predicted molar refractivity (Wildman–Crippen MR) is 232 cm³/mol. The van der Waals surface area contributed by atoms with Crippen LogP contribution in [0.15, 0.2) is 188 Å². The van der Waals surface area contributed by atoms with Crippen molar-refractivity contribution in [1.29, 1.82) is 0 Å². The molecule has 0 atom stereocenters. The first-order chi connectivity index (χ1) is 27.8. The zero-order valence-corrected chi connectivity index (χ0v) is 30.1. The molecule has 0 saturated carbocycles. The maximum Gasteiger partial charge on any atom is 0.235 e. The Hall–Kier alpha value is -7.63. The molecule has 5 heteroatoms. The number of aromatic nitrogens is 5. The van der Waals surface area contributed by atoms with Gasteiger partial charge in [0.05, 0.1) is 33.3 Å². The molecule has 0 radical (unpaired) electrons. The molecule has 0 unspecified atom stereocenters. The van der Waals surface area contributed by atoms with Gasteiger partial charge in [0.15, 0.2) is 0 Å². The Kier molecular flexibility index (Phi) is 6.56. The summed E-state index contributed by atoms with van der Waals surface area (Å²) in [5, 5.41) is 10.3. The number of para-hydroxylation sites is 3. The number of fused-ring (bicyclic) bond motifs is 13. The molecule has 56 heavy (non-hydrogen) atoms. The average Bonchev–Trinajstić information content (AvgIpc) is 3.83. The molecule has 0 aliphatic rings. The monoisotopic (exact) mass is 713 g/mol. The molecule has 9 aromatic carbocycles. The van der Waals surface area contributed by atoms with E-state index in [-0.39, 0.29) is 0 Å². The highest BCUT2D eigenvalue weighted by Gasteiger charge is 2.24. The number of benzene rings is 9.